The summed E-state index contributed by atoms with van der Waals surface area (Å²) in [5, 5.41) is 10.1. The number of nitrogens with zero attached hydrogens (tertiary/aromatic N) is 2. The molecule has 0 aromatic heterocycles. The zero-order chi connectivity index (χ0) is 12.4. The van der Waals surface area contributed by atoms with Gasteiger partial charge in [-0.05, 0) is 25.8 Å². The summed E-state index contributed by atoms with van der Waals surface area (Å²) in [5.41, 5.74) is 1.57. The van der Waals surface area contributed by atoms with Crippen molar-refractivity contribution < 1.29 is 4.79 Å². The Balaban J connectivity index is 2.11. The van der Waals surface area contributed by atoms with Gasteiger partial charge in [0.25, 0.3) is 0 Å². The highest BCUT2D eigenvalue weighted by Gasteiger charge is 2.33. The Hall–Kier alpha value is -1.91. The number of nitrogens with one attached hydrogen (secondary N) is 2. The molecule has 90 valence electrons. The van der Waals surface area contributed by atoms with Gasteiger partial charge >= 0.3 is 0 Å². The number of carbonyl (C=O) groups is 1. The standard InChI is InChI=1S/C12H16N4O/c1-8-10(5-6-13)14-7-11(15-8)16(2)12(17)9-3-4-9/h5-7,9,13-14H,3-4H2,1-2H3/b10-5-,13-6?. The number of hydrogen-bond donors (Lipinski definition) is 2. The van der Waals surface area contributed by atoms with E-state index in [1.165, 1.54) is 6.21 Å². The molecule has 0 aromatic rings. The maximum Gasteiger partial charge on any atom is 0.231 e. The second-order valence-corrected chi connectivity index (χ2v) is 4.26. The van der Waals surface area contributed by atoms with Crippen LogP contribution in [0.4, 0.5) is 0 Å². The van der Waals surface area contributed by atoms with Crippen molar-refractivity contribution in [2.45, 2.75) is 19.8 Å². The first-order valence-electron chi connectivity index (χ1n) is 5.64. The van der Waals surface area contributed by atoms with Crippen LogP contribution in [0.3, 0.4) is 0 Å². The highest BCUT2D eigenvalue weighted by Crippen LogP contribution is 2.31. The molecule has 0 unspecified atom stereocenters. The molecule has 5 heteroatoms. The van der Waals surface area contributed by atoms with Gasteiger partial charge in [-0.25, -0.2) is 4.99 Å². The Morgan fingerprint density at radius 3 is 2.88 bits per heavy atom. The van der Waals surface area contributed by atoms with E-state index in [-0.39, 0.29) is 11.8 Å². The third-order valence-electron chi connectivity index (χ3n) is 2.88. The smallest absolute Gasteiger partial charge is 0.231 e. The Bertz CT molecular complexity index is 443. The SMILES string of the molecule is CC1=NC(N(C)C(=O)C2CC2)=CN/C1=C\C=N. The van der Waals surface area contributed by atoms with Crippen molar-refractivity contribution in [2.75, 3.05) is 7.05 Å². The Labute approximate surface area is 100 Å². The van der Waals surface area contributed by atoms with Crippen LogP contribution in [-0.4, -0.2) is 29.8 Å². The van der Waals surface area contributed by atoms with E-state index in [0.717, 1.165) is 24.3 Å². The molecule has 1 saturated carbocycles. The Morgan fingerprint density at radius 2 is 2.35 bits per heavy atom. The first kappa shape index (κ1) is 11.6. The summed E-state index contributed by atoms with van der Waals surface area (Å²) in [6.07, 6.45) is 6.52. The van der Waals surface area contributed by atoms with Crippen LogP contribution in [0.5, 0.6) is 0 Å². The second-order valence-electron chi connectivity index (χ2n) is 4.26. The molecule has 2 N–H and O–H groups in total. The van der Waals surface area contributed by atoms with Gasteiger partial charge in [-0.2, -0.15) is 0 Å². The van der Waals surface area contributed by atoms with Gasteiger partial charge in [-0.15, -0.1) is 0 Å². The molecule has 1 heterocycles. The molecule has 0 aromatic carbocycles. The van der Waals surface area contributed by atoms with E-state index in [0.29, 0.717) is 5.82 Å². The molecule has 0 atom stereocenters. The van der Waals surface area contributed by atoms with Gasteiger partial charge in [0.2, 0.25) is 5.91 Å². The van der Waals surface area contributed by atoms with Crippen molar-refractivity contribution in [3.05, 3.63) is 23.8 Å². The van der Waals surface area contributed by atoms with E-state index in [1.807, 2.05) is 6.92 Å². The van der Waals surface area contributed by atoms with Crippen molar-refractivity contribution in [3.8, 4) is 0 Å². The van der Waals surface area contributed by atoms with E-state index in [9.17, 15) is 4.79 Å². The predicted octanol–water partition coefficient (Wildman–Crippen LogP) is 1.25. The van der Waals surface area contributed by atoms with Gasteiger partial charge < -0.3 is 10.7 Å². The summed E-state index contributed by atoms with van der Waals surface area (Å²) in [4.78, 5) is 17.8. The lowest BCUT2D eigenvalue weighted by molar-refractivity contribution is -0.129. The highest BCUT2D eigenvalue weighted by atomic mass is 16.2. The minimum Gasteiger partial charge on any atom is -0.357 e. The fraction of sp³-hybridized carbons (Fsp3) is 0.417. The van der Waals surface area contributed by atoms with Crippen LogP contribution in [0.2, 0.25) is 0 Å². The molecule has 1 aliphatic carbocycles. The molecule has 2 aliphatic rings. The van der Waals surface area contributed by atoms with Gasteiger partial charge in [0, 0.05) is 25.4 Å². The van der Waals surface area contributed by atoms with E-state index >= 15 is 0 Å². The quantitative estimate of drug-likeness (QED) is 0.719. The maximum absolute atomic E-state index is 11.9. The van der Waals surface area contributed by atoms with E-state index in [1.54, 1.807) is 24.2 Å². The van der Waals surface area contributed by atoms with Gasteiger partial charge in [-0.3, -0.25) is 9.69 Å². The summed E-state index contributed by atoms with van der Waals surface area (Å²) in [6, 6.07) is 0. The molecule has 0 radical (unpaired) electrons. The van der Waals surface area contributed by atoms with Crippen molar-refractivity contribution in [1.29, 1.82) is 5.41 Å². The predicted molar refractivity (Wildman–Crippen MR) is 66.7 cm³/mol. The van der Waals surface area contributed by atoms with Crippen LogP contribution < -0.4 is 5.32 Å². The average molecular weight is 232 g/mol. The fourth-order valence-electron chi connectivity index (χ4n) is 1.65. The summed E-state index contributed by atoms with van der Waals surface area (Å²) in [7, 11) is 1.75. The van der Waals surface area contributed by atoms with Crippen LogP contribution in [0.15, 0.2) is 28.8 Å². The van der Waals surface area contributed by atoms with Crippen LogP contribution >= 0.6 is 0 Å². The summed E-state index contributed by atoms with van der Waals surface area (Å²) < 4.78 is 0. The lowest BCUT2D eigenvalue weighted by atomic mass is 10.2. The molecule has 17 heavy (non-hydrogen) atoms. The molecule has 0 spiro atoms. The highest BCUT2D eigenvalue weighted by molar-refractivity contribution is 6.02. The van der Waals surface area contributed by atoms with Crippen molar-refractivity contribution >= 4 is 17.8 Å². The first-order chi connectivity index (χ1) is 8.13. The van der Waals surface area contributed by atoms with Gasteiger partial charge in [0.05, 0.1) is 11.4 Å². The zero-order valence-corrected chi connectivity index (χ0v) is 10.0. The van der Waals surface area contributed by atoms with Gasteiger partial charge in [0.15, 0.2) is 5.82 Å². The molecular weight excluding hydrogens is 216 g/mol. The summed E-state index contributed by atoms with van der Waals surface area (Å²) >= 11 is 0. The van der Waals surface area contributed by atoms with Crippen LogP contribution in [0, 0.1) is 11.3 Å². The molecule has 1 amide bonds. The fourth-order valence-corrected chi connectivity index (χ4v) is 1.65. The molecule has 5 nitrogen and oxygen atoms in total. The molecule has 0 bridgehead atoms. The normalized spacial score (nSPS) is 21.4. The van der Waals surface area contributed by atoms with E-state index in [2.05, 4.69) is 10.3 Å². The third-order valence-corrected chi connectivity index (χ3v) is 2.88. The second kappa shape index (κ2) is 4.53. The number of rotatable bonds is 3. The Morgan fingerprint density at radius 1 is 1.65 bits per heavy atom. The maximum atomic E-state index is 11.9. The topological polar surface area (TPSA) is 68.6 Å². The molecule has 1 fully saturated rings. The average Bonchev–Trinajstić information content (AvgIpc) is 3.14. The number of allylic oxidation sites excluding steroid dienone is 2. The first-order valence-corrected chi connectivity index (χ1v) is 5.64. The summed E-state index contributed by atoms with van der Waals surface area (Å²) in [6.45, 7) is 1.85. The Kier molecular flexibility index (Phi) is 3.08. The van der Waals surface area contributed by atoms with E-state index < -0.39 is 0 Å². The minimum absolute atomic E-state index is 0.133. The number of aliphatic imine (C=N–C) groups is 1. The largest absolute Gasteiger partial charge is 0.357 e. The third kappa shape index (κ3) is 2.43. The van der Waals surface area contributed by atoms with Crippen molar-refractivity contribution in [2.24, 2.45) is 10.9 Å². The van der Waals surface area contributed by atoms with Gasteiger partial charge in [-0.1, -0.05) is 0 Å². The lowest BCUT2D eigenvalue weighted by Gasteiger charge is -2.22. The molecule has 1 aliphatic heterocycles. The van der Waals surface area contributed by atoms with Gasteiger partial charge in [0.1, 0.15) is 0 Å². The zero-order valence-electron chi connectivity index (χ0n) is 10.0. The van der Waals surface area contributed by atoms with Crippen LogP contribution in [0.1, 0.15) is 19.8 Å². The number of amides is 1. The molecular formula is C12H16N4O. The number of carbonyl (C=O) groups excluding carboxylic acids is 1. The van der Waals surface area contributed by atoms with Crippen LogP contribution in [-0.2, 0) is 4.79 Å². The monoisotopic (exact) mass is 232 g/mol. The van der Waals surface area contributed by atoms with Crippen molar-refractivity contribution in [1.82, 2.24) is 10.2 Å². The minimum atomic E-state index is 0.133. The van der Waals surface area contributed by atoms with Crippen LogP contribution in [0.25, 0.3) is 0 Å². The van der Waals surface area contributed by atoms with Crippen molar-refractivity contribution in [3.63, 3.8) is 0 Å². The molecule has 2 rings (SSSR count). The van der Waals surface area contributed by atoms with E-state index in [4.69, 9.17) is 5.41 Å². The summed E-state index contributed by atoms with van der Waals surface area (Å²) in [5.74, 6) is 0.950. The number of hydrogen-bond acceptors (Lipinski definition) is 4. The lowest BCUT2D eigenvalue weighted by Crippen LogP contribution is -2.31. The molecule has 0 saturated heterocycles.